The Kier molecular flexibility index (Phi) is 5.10. The maximum Gasteiger partial charge on any atom is 0.269 e. The third-order valence-electron chi connectivity index (χ3n) is 5.26. The van der Waals surface area contributed by atoms with Crippen LogP contribution in [0.5, 0.6) is 11.5 Å². The number of carbonyl (C=O) groups excluding carboxylic acids is 1. The fourth-order valence-corrected chi connectivity index (χ4v) is 3.73. The summed E-state index contributed by atoms with van der Waals surface area (Å²) < 4.78 is 11.7. The highest BCUT2D eigenvalue weighted by molar-refractivity contribution is 6.16. The van der Waals surface area contributed by atoms with Crippen molar-refractivity contribution in [1.82, 2.24) is 0 Å². The van der Waals surface area contributed by atoms with Crippen LogP contribution in [0.2, 0.25) is 0 Å². The predicted molar refractivity (Wildman–Crippen MR) is 105 cm³/mol. The van der Waals surface area contributed by atoms with Gasteiger partial charge in [0.05, 0.1) is 11.5 Å². The van der Waals surface area contributed by atoms with E-state index in [1.54, 1.807) is 30.3 Å². The lowest BCUT2D eigenvalue weighted by Crippen LogP contribution is -2.16. The summed E-state index contributed by atoms with van der Waals surface area (Å²) in [6, 6.07) is 11.3. The number of fused-ring (bicyclic) bond motifs is 1. The first-order valence-corrected chi connectivity index (χ1v) is 9.56. The maximum atomic E-state index is 12.9. The van der Waals surface area contributed by atoms with Crippen LogP contribution in [-0.2, 0) is 0 Å². The molecule has 0 atom stereocenters. The molecule has 1 aliphatic carbocycles. The van der Waals surface area contributed by atoms with Gasteiger partial charge in [-0.3, -0.25) is 14.9 Å². The lowest BCUT2D eigenvalue weighted by atomic mass is 9.90. The van der Waals surface area contributed by atoms with Gasteiger partial charge in [-0.2, -0.15) is 0 Å². The van der Waals surface area contributed by atoms with E-state index in [-0.39, 0.29) is 17.2 Å². The quantitative estimate of drug-likeness (QED) is 0.407. The normalized spacial score (nSPS) is 18.0. The molecule has 4 rings (SSSR count). The van der Waals surface area contributed by atoms with Gasteiger partial charge in [-0.1, -0.05) is 25.3 Å². The van der Waals surface area contributed by atoms with Crippen LogP contribution >= 0.6 is 0 Å². The summed E-state index contributed by atoms with van der Waals surface area (Å²) in [7, 11) is 0. The van der Waals surface area contributed by atoms with Crippen molar-refractivity contribution in [2.45, 2.75) is 32.1 Å². The number of carbonyl (C=O) groups is 1. The van der Waals surface area contributed by atoms with Crippen molar-refractivity contribution in [2.75, 3.05) is 6.61 Å². The SMILES string of the molecule is O=C1/C(=C/c2ccc([N+](=O)[O-])cc2)Oc2cccc(OCC3CCCCC3)c21. The van der Waals surface area contributed by atoms with E-state index >= 15 is 0 Å². The Labute approximate surface area is 162 Å². The van der Waals surface area contributed by atoms with Crippen LogP contribution in [-0.4, -0.2) is 17.3 Å². The number of hydrogen-bond acceptors (Lipinski definition) is 5. The van der Waals surface area contributed by atoms with Crippen LogP contribution in [0.1, 0.15) is 48.0 Å². The number of rotatable bonds is 5. The zero-order valence-electron chi connectivity index (χ0n) is 15.4. The van der Waals surface area contributed by atoms with Gasteiger partial charge in [-0.05, 0) is 54.7 Å². The van der Waals surface area contributed by atoms with Crippen LogP contribution < -0.4 is 9.47 Å². The van der Waals surface area contributed by atoms with Crippen LogP contribution in [0, 0.1) is 16.0 Å². The molecule has 0 aromatic heterocycles. The molecule has 1 aliphatic heterocycles. The number of benzene rings is 2. The van der Waals surface area contributed by atoms with Crippen LogP contribution in [0.3, 0.4) is 0 Å². The van der Waals surface area contributed by atoms with Crippen molar-refractivity contribution in [3.63, 3.8) is 0 Å². The van der Waals surface area contributed by atoms with E-state index in [1.165, 1.54) is 44.2 Å². The van der Waals surface area contributed by atoms with E-state index in [0.29, 0.717) is 35.2 Å². The number of hydrogen-bond donors (Lipinski definition) is 0. The Balaban J connectivity index is 1.52. The summed E-state index contributed by atoms with van der Waals surface area (Å²) in [6.07, 6.45) is 7.71. The van der Waals surface area contributed by atoms with Gasteiger partial charge >= 0.3 is 0 Å². The average Bonchev–Trinajstić information content (AvgIpc) is 3.03. The fourth-order valence-electron chi connectivity index (χ4n) is 3.73. The molecule has 0 spiro atoms. The summed E-state index contributed by atoms with van der Waals surface area (Å²) in [6.45, 7) is 0.616. The second-order valence-corrected chi connectivity index (χ2v) is 7.23. The molecule has 6 heteroatoms. The minimum Gasteiger partial charge on any atom is -0.492 e. The minimum atomic E-state index is -0.458. The Bertz CT molecular complexity index is 926. The van der Waals surface area contributed by atoms with Gasteiger partial charge in [0.15, 0.2) is 5.76 Å². The van der Waals surface area contributed by atoms with Gasteiger partial charge in [0, 0.05) is 12.1 Å². The first-order valence-electron chi connectivity index (χ1n) is 9.56. The van der Waals surface area contributed by atoms with Gasteiger partial charge in [0.25, 0.3) is 5.69 Å². The van der Waals surface area contributed by atoms with E-state index in [0.717, 1.165) is 0 Å². The average molecular weight is 379 g/mol. The van der Waals surface area contributed by atoms with Crippen molar-refractivity contribution in [2.24, 2.45) is 5.92 Å². The molecule has 1 heterocycles. The number of ketones is 1. The molecule has 1 saturated carbocycles. The van der Waals surface area contributed by atoms with Crippen molar-refractivity contribution < 1.29 is 19.2 Å². The van der Waals surface area contributed by atoms with Gasteiger partial charge in [0.1, 0.15) is 17.1 Å². The molecular weight excluding hydrogens is 358 g/mol. The zero-order valence-corrected chi connectivity index (χ0v) is 15.4. The van der Waals surface area contributed by atoms with E-state index in [1.807, 2.05) is 6.07 Å². The Hall–Kier alpha value is -3.15. The predicted octanol–water partition coefficient (Wildman–Crippen LogP) is 5.17. The minimum absolute atomic E-state index is 0.00232. The summed E-state index contributed by atoms with van der Waals surface area (Å²) in [5.41, 5.74) is 1.11. The van der Waals surface area contributed by atoms with E-state index in [9.17, 15) is 14.9 Å². The molecule has 1 fully saturated rings. The third kappa shape index (κ3) is 3.76. The topological polar surface area (TPSA) is 78.7 Å². The lowest BCUT2D eigenvalue weighted by Gasteiger charge is -2.22. The van der Waals surface area contributed by atoms with Crippen molar-refractivity contribution in [3.8, 4) is 11.5 Å². The number of nitro groups is 1. The third-order valence-corrected chi connectivity index (χ3v) is 5.26. The van der Waals surface area contributed by atoms with E-state index in [4.69, 9.17) is 9.47 Å². The first kappa shape index (κ1) is 18.2. The smallest absolute Gasteiger partial charge is 0.269 e. The van der Waals surface area contributed by atoms with Gasteiger partial charge in [-0.15, -0.1) is 0 Å². The van der Waals surface area contributed by atoms with Crippen LogP contribution in [0.15, 0.2) is 48.2 Å². The molecule has 2 aliphatic rings. The number of nitrogens with zero attached hydrogens (tertiary/aromatic N) is 1. The Morgan fingerprint density at radius 1 is 1.11 bits per heavy atom. The molecule has 28 heavy (non-hydrogen) atoms. The zero-order chi connectivity index (χ0) is 19.5. The lowest BCUT2D eigenvalue weighted by molar-refractivity contribution is -0.384. The molecule has 144 valence electrons. The highest BCUT2D eigenvalue weighted by Crippen LogP contribution is 2.38. The molecular formula is C22H21NO5. The molecule has 0 amide bonds. The van der Waals surface area contributed by atoms with Crippen molar-refractivity contribution >= 4 is 17.5 Å². The largest absolute Gasteiger partial charge is 0.492 e. The van der Waals surface area contributed by atoms with Crippen molar-refractivity contribution in [1.29, 1.82) is 0 Å². The monoisotopic (exact) mass is 379 g/mol. The Morgan fingerprint density at radius 3 is 2.57 bits per heavy atom. The number of ether oxygens (including phenoxy) is 2. The molecule has 0 N–H and O–H groups in total. The van der Waals surface area contributed by atoms with E-state index in [2.05, 4.69) is 0 Å². The molecule has 6 nitrogen and oxygen atoms in total. The second kappa shape index (κ2) is 7.84. The molecule has 0 unspecified atom stereocenters. The van der Waals surface area contributed by atoms with Gasteiger partial charge in [0.2, 0.25) is 5.78 Å². The molecule has 0 bridgehead atoms. The summed E-state index contributed by atoms with van der Waals surface area (Å²) in [5, 5.41) is 10.8. The molecule has 2 aromatic rings. The Morgan fingerprint density at radius 2 is 1.86 bits per heavy atom. The number of Topliss-reactive ketones (excluding diaryl/α,β-unsaturated/α-hetero) is 1. The van der Waals surface area contributed by atoms with Gasteiger partial charge in [-0.25, -0.2) is 0 Å². The highest BCUT2D eigenvalue weighted by atomic mass is 16.6. The molecule has 0 radical (unpaired) electrons. The molecule has 2 aromatic carbocycles. The fraction of sp³-hybridized carbons (Fsp3) is 0.318. The summed E-state index contributed by atoms with van der Waals surface area (Å²) in [4.78, 5) is 23.2. The number of nitro benzene ring substituents is 1. The number of non-ortho nitro benzene ring substituents is 1. The van der Waals surface area contributed by atoms with Gasteiger partial charge < -0.3 is 9.47 Å². The number of allylic oxidation sites excluding steroid dienone is 1. The highest BCUT2D eigenvalue weighted by Gasteiger charge is 2.31. The second-order valence-electron chi connectivity index (χ2n) is 7.23. The van der Waals surface area contributed by atoms with Crippen molar-refractivity contribution in [3.05, 3.63) is 69.5 Å². The van der Waals surface area contributed by atoms with E-state index < -0.39 is 4.92 Å². The summed E-state index contributed by atoms with van der Waals surface area (Å²) in [5.74, 6) is 1.54. The molecule has 0 saturated heterocycles. The first-order chi connectivity index (χ1) is 13.6. The van der Waals surface area contributed by atoms with Crippen LogP contribution in [0.4, 0.5) is 5.69 Å². The standard InChI is InChI=1S/C22H21NO5/c24-22-20(13-15-9-11-17(12-10-15)23(25)26)28-19-8-4-7-18(21(19)22)27-14-16-5-2-1-3-6-16/h4,7-13,16H,1-3,5-6,14H2/b20-13-. The van der Waals surface area contributed by atoms with Crippen LogP contribution in [0.25, 0.3) is 6.08 Å². The maximum absolute atomic E-state index is 12.9. The summed E-state index contributed by atoms with van der Waals surface area (Å²) >= 11 is 0.